The Morgan fingerprint density at radius 2 is 1.75 bits per heavy atom. The lowest BCUT2D eigenvalue weighted by atomic mass is 9.89. The average molecular weight is 406 g/mol. The summed E-state index contributed by atoms with van der Waals surface area (Å²) in [6, 6.07) is 17.1. The van der Waals surface area contributed by atoms with Crippen LogP contribution in [0.3, 0.4) is 0 Å². The van der Waals surface area contributed by atoms with Crippen molar-refractivity contribution in [3.05, 3.63) is 70.3 Å². The van der Waals surface area contributed by atoms with Gasteiger partial charge in [0.05, 0.1) is 5.39 Å². The molecular weight excluding hydrogens is 386 g/mol. The number of halogens is 1. The molecule has 0 saturated carbocycles. The number of aryl methyl sites for hydroxylation is 2. The van der Waals surface area contributed by atoms with E-state index < -0.39 is 0 Å². The second-order valence-corrected chi connectivity index (χ2v) is 8.43. The van der Waals surface area contributed by atoms with E-state index >= 15 is 0 Å². The molecule has 28 heavy (non-hydrogen) atoms. The van der Waals surface area contributed by atoms with Gasteiger partial charge in [0.15, 0.2) is 0 Å². The molecule has 0 amide bonds. The summed E-state index contributed by atoms with van der Waals surface area (Å²) in [5.41, 5.74) is 6.47. The number of thiophene rings is 1. The van der Waals surface area contributed by atoms with Gasteiger partial charge in [-0.05, 0) is 66.1 Å². The molecule has 0 fully saturated rings. The first-order valence-corrected chi connectivity index (χ1v) is 10.8. The van der Waals surface area contributed by atoms with Crippen molar-refractivity contribution >= 4 is 44.7 Å². The second-order valence-electron chi connectivity index (χ2n) is 7.23. The van der Waals surface area contributed by atoms with Crippen LogP contribution in [0.5, 0.6) is 0 Å². The lowest BCUT2D eigenvalue weighted by molar-refractivity contribution is 0.686. The van der Waals surface area contributed by atoms with Crippen molar-refractivity contribution in [2.75, 3.05) is 11.9 Å². The molecule has 5 heteroatoms. The fourth-order valence-corrected chi connectivity index (χ4v) is 5.18. The number of hydrogen-bond acceptors (Lipinski definition) is 4. The molecule has 0 bridgehead atoms. The van der Waals surface area contributed by atoms with E-state index in [1.165, 1.54) is 47.9 Å². The quantitative estimate of drug-likeness (QED) is 0.357. The Morgan fingerprint density at radius 3 is 2.57 bits per heavy atom. The summed E-state index contributed by atoms with van der Waals surface area (Å²) in [6.07, 6.45) is 4.94. The van der Waals surface area contributed by atoms with E-state index in [0.717, 1.165) is 21.7 Å². The number of rotatable bonds is 3. The maximum Gasteiger partial charge on any atom is 0.225 e. The average Bonchev–Trinajstić information content (AvgIpc) is 3.16. The molecular formula is C23H20ClN3S. The van der Waals surface area contributed by atoms with Gasteiger partial charge in [0.2, 0.25) is 5.28 Å². The van der Waals surface area contributed by atoms with Gasteiger partial charge in [0.25, 0.3) is 0 Å². The van der Waals surface area contributed by atoms with Crippen molar-refractivity contribution in [1.82, 2.24) is 9.97 Å². The van der Waals surface area contributed by atoms with Gasteiger partial charge in [-0.2, -0.15) is 4.98 Å². The minimum atomic E-state index is 0.282. The zero-order valence-electron chi connectivity index (χ0n) is 15.7. The summed E-state index contributed by atoms with van der Waals surface area (Å²) in [4.78, 5) is 12.1. The molecule has 5 rings (SSSR count). The van der Waals surface area contributed by atoms with Crippen LogP contribution in [-0.4, -0.2) is 17.0 Å². The number of hydrogen-bond donors (Lipinski definition) is 0. The van der Waals surface area contributed by atoms with Gasteiger partial charge < -0.3 is 4.90 Å². The smallest absolute Gasteiger partial charge is 0.225 e. The molecule has 0 radical (unpaired) electrons. The topological polar surface area (TPSA) is 29.0 Å². The maximum absolute atomic E-state index is 6.26. The first-order valence-electron chi connectivity index (χ1n) is 9.56. The SMILES string of the molecule is CN(c1ccccc1)c1nc(Cl)nc2scc(-c3ccc4c(c3)CCCC4)c12. The van der Waals surface area contributed by atoms with Crippen molar-refractivity contribution in [1.29, 1.82) is 0 Å². The van der Waals surface area contributed by atoms with Crippen molar-refractivity contribution in [2.24, 2.45) is 0 Å². The van der Waals surface area contributed by atoms with Crippen LogP contribution in [0.1, 0.15) is 24.0 Å². The van der Waals surface area contributed by atoms with E-state index in [1.807, 2.05) is 25.2 Å². The van der Waals surface area contributed by atoms with E-state index in [1.54, 1.807) is 11.3 Å². The Bertz CT molecular complexity index is 1150. The summed E-state index contributed by atoms with van der Waals surface area (Å²) in [5.74, 6) is 0.843. The van der Waals surface area contributed by atoms with E-state index in [9.17, 15) is 0 Å². The molecule has 1 aliphatic carbocycles. The standard InChI is InChI=1S/C23H20ClN3S/c1-27(18-9-3-2-4-10-18)21-20-19(14-28-22(20)26-23(24)25-21)17-12-11-15-7-5-6-8-16(15)13-17/h2-4,9-14H,5-8H2,1H3. The minimum absolute atomic E-state index is 0.282. The molecule has 4 aromatic rings. The number of benzene rings is 2. The molecule has 2 aromatic heterocycles. The zero-order chi connectivity index (χ0) is 19.1. The molecule has 1 aliphatic rings. The highest BCUT2D eigenvalue weighted by Gasteiger charge is 2.19. The van der Waals surface area contributed by atoms with Crippen molar-refractivity contribution < 1.29 is 0 Å². The highest BCUT2D eigenvalue weighted by Crippen LogP contribution is 2.41. The van der Waals surface area contributed by atoms with Crippen LogP contribution in [0.4, 0.5) is 11.5 Å². The largest absolute Gasteiger partial charge is 0.329 e. The number of fused-ring (bicyclic) bond motifs is 2. The molecule has 140 valence electrons. The van der Waals surface area contributed by atoms with Gasteiger partial charge in [-0.1, -0.05) is 36.4 Å². The Hall–Kier alpha value is -2.43. The molecule has 2 aromatic carbocycles. The number of para-hydroxylation sites is 1. The number of nitrogens with zero attached hydrogens (tertiary/aromatic N) is 3. The summed E-state index contributed by atoms with van der Waals surface area (Å²) in [7, 11) is 2.03. The Balaban J connectivity index is 1.69. The monoisotopic (exact) mass is 405 g/mol. The first kappa shape index (κ1) is 17.7. The lowest BCUT2D eigenvalue weighted by Crippen LogP contribution is -2.12. The minimum Gasteiger partial charge on any atom is -0.329 e. The fraction of sp³-hybridized carbons (Fsp3) is 0.217. The molecule has 0 spiro atoms. The van der Waals surface area contributed by atoms with Crippen LogP contribution in [-0.2, 0) is 12.8 Å². The third-order valence-electron chi connectivity index (χ3n) is 5.51. The van der Waals surface area contributed by atoms with Gasteiger partial charge in [-0.25, -0.2) is 4.98 Å². The molecule has 2 heterocycles. The van der Waals surface area contributed by atoms with Crippen LogP contribution in [0.25, 0.3) is 21.3 Å². The molecule has 0 atom stereocenters. The second kappa shape index (κ2) is 7.19. The fourth-order valence-electron chi connectivity index (χ4n) is 4.03. The van der Waals surface area contributed by atoms with E-state index in [0.29, 0.717) is 0 Å². The summed E-state index contributed by atoms with van der Waals surface area (Å²) in [5, 5.41) is 3.53. The Morgan fingerprint density at radius 1 is 0.964 bits per heavy atom. The van der Waals surface area contributed by atoms with Gasteiger partial charge in [-0.3, -0.25) is 0 Å². The van der Waals surface area contributed by atoms with E-state index in [2.05, 4.69) is 50.6 Å². The van der Waals surface area contributed by atoms with Crippen LogP contribution in [0.15, 0.2) is 53.9 Å². The molecule has 0 N–H and O–H groups in total. The molecule has 0 unspecified atom stereocenters. The van der Waals surface area contributed by atoms with Crippen LogP contribution < -0.4 is 4.90 Å². The predicted octanol–water partition coefficient (Wildman–Crippen LogP) is 6.66. The lowest BCUT2D eigenvalue weighted by Gasteiger charge is -2.20. The Kier molecular flexibility index (Phi) is 4.53. The van der Waals surface area contributed by atoms with Gasteiger partial charge in [0.1, 0.15) is 10.6 Å². The highest BCUT2D eigenvalue weighted by atomic mass is 35.5. The summed E-state index contributed by atoms with van der Waals surface area (Å²) >= 11 is 7.89. The third kappa shape index (κ3) is 3.07. The maximum atomic E-state index is 6.26. The van der Waals surface area contributed by atoms with E-state index in [4.69, 9.17) is 11.6 Å². The molecule has 0 saturated heterocycles. The van der Waals surface area contributed by atoms with Gasteiger partial charge in [-0.15, -0.1) is 11.3 Å². The molecule has 0 aliphatic heterocycles. The van der Waals surface area contributed by atoms with Gasteiger partial charge in [0, 0.05) is 23.7 Å². The highest BCUT2D eigenvalue weighted by molar-refractivity contribution is 7.17. The summed E-state index contributed by atoms with van der Waals surface area (Å²) < 4.78 is 0. The summed E-state index contributed by atoms with van der Waals surface area (Å²) in [6.45, 7) is 0. The Labute approximate surface area is 173 Å². The predicted molar refractivity (Wildman–Crippen MR) is 119 cm³/mol. The molecule has 3 nitrogen and oxygen atoms in total. The van der Waals surface area contributed by atoms with Crippen LogP contribution in [0, 0.1) is 0 Å². The first-order chi connectivity index (χ1) is 13.7. The number of aromatic nitrogens is 2. The van der Waals surface area contributed by atoms with Crippen molar-refractivity contribution in [2.45, 2.75) is 25.7 Å². The van der Waals surface area contributed by atoms with Crippen LogP contribution >= 0.6 is 22.9 Å². The zero-order valence-corrected chi connectivity index (χ0v) is 17.2. The normalized spacial score (nSPS) is 13.5. The van der Waals surface area contributed by atoms with Crippen molar-refractivity contribution in [3.63, 3.8) is 0 Å². The third-order valence-corrected chi connectivity index (χ3v) is 6.55. The van der Waals surface area contributed by atoms with Crippen LogP contribution in [0.2, 0.25) is 5.28 Å². The van der Waals surface area contributed by atoms with Crippen molar-refractivity contribution in [3.8, 4) is 11.1 Å². The van der Waals surface area contributed by atoms with Gasteiger partial charge >= 0.3 is 0 Å². The van der Waals surface area contributed by atoms with E-state index in [-0.39, 0.29) is 5.28 Å². The number of anilines is 2.